The zero-order valence-corrected chi connectivity index (χ0v) is 25.0. The fraction of sp³-hybridized carbons (Fsp3) is 0.581. The number of nitrogens with one attached hydrogen (secondary N) is 2. The molecule has 41 heavy (non-hydrogen) atoms. The number of fused-ring (bicyclic) bond motifs is 3. The molecule has 8 rings (SSSR count). The molecule has 1 aromatic heterocycles. The Morgan fingerprint density at radius 2 is 1.93 bits per heavy atom. The van der Waals surface area contributed by atoms with E-state index in [2.05, 4.69) is 29.9 Å². The molecule has 4 aliphatic carbocycles. The van der Waals surface area contributed by atoms with Gasteiger partial charge in [0.25, 0.3) is 11.8 Å². The Morgan fingerprint density at radius 1 is 1.07 bits per heavy atom. The Morgan fingerprint density at radius 3 is 2.76 bits per heavy atom. The van der Waals surface area contributed by atoms with Crippen LogP contribution in [-0.4, -0.2) is 45.1 Å². The molecule has 1 spiro atoms. The van der Waals surface area contributed by atoms with Crippen molar-refractivity contribution in [3.8, 4) is 0 Å². The van der Waals surface area contributed by atoms with E-state index < -0.39 is 23.8 Å². The lowest BCUT2D eigenvalue weighted by atomic mass is 9.40. The number of rotatable bonds is 7. The van der Waals surface area contributed by atoms with Crippen molar-refractivity contribution in [1.29, 1.82) is 0 Å². The van der Waals surface area contributed by atoms with E-state index in [1.165, 1.54) is 50.3 Å². The van der Waals surface area contributed by atoms with Crippen LogP contribution in [0.25, 0.3) is 0 Å². The lowest BCUT2D eigenvalue weighted by Gasteiger charge is -2.64. The van der Waals surface area contributed by atoms with E-state index in [1.54, 1.807) is 23.5 Å². The summed E-state index contributed by atoms with van der Waals surface area (Å²) in [5.74, 6) is -0.469. The molecule has 5 fully saturated rings. The summed E-state index contributed by atoms with van der Waals surface area (Å²) in [5.41, 5.74) is 3.55. The molecule has 214 valence electrons. The Kier molecular flexibility index (Phi) is 5.42. The maximum absolute atomic E-state index is 13.4. The van der Waals surface area contributed by atoms with Gasteiger partial charge in [-0.25, -0.2) is 4.98 Å². The minimum absolute atomic E-state index is 0.105. The van der Waals surface area contributed by atoms with Gasteiger partial charge in [0.1, 0.15) is 11.0 Å². The zero-order valence-electron chi connectivity index (χ0n) is 23.4. The molecule has 8 nitrogen and oxygen atoms in total. The molecule has 4 saturated carbocycles. The van der Waals surface area contributed by atoms with Crippen molar-refractivity contribution in [2.24, 2.45) is 22.2 Å². The van der Waals surface area contributed by atoms with Crippen LogP contribution in [-0.2, 0) is 21.9 Å². The number of benzene rings is 1. The first-order chi connectivity index (χ1) is 19.5. The maximum atomic E-state index is 13.4. The van der Waals surface area contributed by atoms with Crippen LogP contribution in [0.1, 0.15) is 96.6 Å². The highest BCUT2D eigenvalue weighted by atomic mass is 32.2. The highest BCUT2D eigenvalue weighted by Crippen LogP contribution is 2.86. The number of piperidine rings is 1. The average molecular weight is 591 g/mol. The van der Waals surface area contributed by atoms with Crippen LogP contribution < -0.4 is 10.6 Å². The van der Waals surface area contributed by atoms with Crippen LogP contribution in [0.2, 0.25) is 0 Å². The predicted molar refractivity (Wildman–Crippen MR) is 154 cm³/mol. The van der Waals surface area contributed by atoms with Gasteiger partial charge >= 0.3 is 0 Å². The SMILES string of the molecule is CC12CC3CC4(NCc5csc(CSc6cccc7c6C(=O)N(C6CCC(=O)NC6=O)C7=O)n5)CC(C)(C1)C2(C3)C4. The van der Waals surface area contributed by atoms with Crippen molar-refractivity contribution in [1.82, 2.24) is 20.5 Å². The largest absolute Gasteiger partial charge is 0.306 e. The van der Waals surface area contributed by atoms with E-state index in [4.69, 9.17) is 4.98 Å². The minimum atomic E-state index is -0.961. The van der Waals surface area contributed by atoms with Crippen molar-refractivity contribution in [2.45, 2.75) is 94.0 Å². The summed E-state index contributed by atoms with van der Waals surface area (Å²) in [4.78, 5) is 57.2. The molecule has 1 saturated heterocycles. The van der Waals surface area contributed by atoms with Gasteiger partial charge in [0.2, 0.25) is 11.8 Å². The van der Waals surface area contributed by atoms with Gasteiger partial charge in [0.15, 0.2) is 0 Å². The number of nitrogens with zero attached hydrogens (tertiary/aromatic N) is 2. The van der Waals surface area contributed by atoms with Crippen molar-refractivity contribution < 1.29 is 19.2 Å². The summed E-state index contributed by atoms with van der Waals surface area (Å²) in [7, 11) is 0. The second-order valence-electron chi connectivity index (χ2n) is 14.0. The summed E-state index contributed by atoms with van der Waals surface area (Å²) in [5, 5.41) is 9.38. The Labute approximate surface area is 247 Å². The van der Waals surface area contributed by atoms with Gasteiger partial charge in [0, 0.05) is 28.8 Å². The number of thioether (sulfide) groups is 1. The Hall–Kier alpha value is -2.56. The van der Waals surface area contributed by atoms with Crippen LogP contribution in [0.15, 0.2) is 28.5 Å². The van der Waals surface area contributed by atoms with Gasteiger partial charge in [-0.3, -0.25) is 29.4 Å². The molecule has 6 atom stereocenters. The molecule has 10 heteroatoms. The lowest BCUT2D eigenvalue weighted by molar-refractivity contribution is -0.157. The van der Waals surface area contributed by atoms with Gasteiger partial charge in [-0.15, -0.1) is 23.1 Å². The highest BCUT2D eigenvalue weighted by molar-refractivity contribution is 7.98. The van der Waals surface area contributed by atoms with Crippen molar-refractivity contribution >= 4 is 46.7 Å². The third-order valence-corrected chi connectivity index (χ3v) is 13.7. The first kappa shape index (κ1) is 26.1. The summed E-state index contributed by atoms with van der Waals surface area (Å²) in [6.07, 6.45) is 8.40. The van der Waals surface area contributed by atoms with Gasteiger partial charge in [-0.05, 0) is 79.2 Å². The Bertz CT molecular complexity index is 1560. The summed E-state index contributed by atoms with van der Waals surface area (Å²) >= 11 is 3.12. The van der Waals surface area contributed by atoms with E-state index in [9.17, 15) is 19.2 Å². The van der Waals surface area contributed by atoms with E-state index in [1.807, 2.05) is 6.07 Å². The minimum Gasteiger partial charge on any atom is -0.306 e. The number of carbonyl (C=O) groups excluding carboxylic acids is 4. The molecule has 2 aliphatic heterocycles. The number of hydrogen-bond acceptors (Lipinski definition) is 8. The van der Waals surface area contributed by atoms with Crippen LogP contribution in [0.4, 0.5) is 0 Å². The summed E-state index contributed by atoms with van der Waals surface area (Å²) in [6, 6.07) is 4.29. The molecule has 4 amide bonds. The molecule has 6 aliphatic rings. The average Bonchev–Trinajstić information content (AvgIpc) is 3.56. The molecular formula is C31H34N4O4S2. The third-order valence-electron chi connectivity index (χ3n) is 11.5. The number of imide groups is 2. The first-order valence-corrected chi connectivity index (χ1v) is 16.6. The van der Waals surface area contributed by atoms with Crippen LogP contribution in [0, 0.1) is 22.2 Å². The molecule has 3 heterocycles. The number of amides is 4. The second kappa shape index (κ2) is 8.51. The van der Waals surface area contributed by atoms with Crippen molar-refractivity contribution in [2.75, 3.05) is 0 Å². The fourth-order valence-corrected chi connectivity index (χ4v) is 12.3. The van der Waals surface area contributed by atoms with E-state index in [-0.39, 0.29) is 24.3 Å². The van der Waals surface area contributed by atoms with Gasteiger partial charge < -0.3 is 5.32 Å². The van der Waals surface area contributed by atoms with Crippen molar-refractivity contribution in [3.63, 3.8) is 0 Å². The van der Waals surface area contributed by atoms with E-state index in [0.29, 0.717) is 38.0 Å². The molecule has 3 bridgehead atoms. The molecule has 2 aromatic rings. The summed E-state index contributed by atoms with van der Waals surface area (Å²) in [6.45, 7) is 5.89. The standard InChI is InChI=1S/C31H34N4O4S2/c1-28-8-17-9-30(15-29(2,14-28)31(28,10-17)16-30)32-11-18-12-41-23(33-18)13-40-21-5-3-4-19-24(21)27(39)35(26(19)38)20-6-7-22(36)34-25(20)37/h3-5,12,17,20,32H,6-11,13-16H2,1-2H3,(H,34,36,37). The van der Waals surface area contributed by atoms with Crippen LogP contribution >= 0.6 is 23.1 Å². The van der Waals surface area contributed by atoms with Gasteiger partial charge in [-0.2, -0.15) is 0 Å². The molecule has 1 aromatic carbocycles. The fourth-order valence-electron chi connectivity index (χ4n) is 10.5. The molecule has 6 unspecified atom stereocenters. The highest BCUT2D eigenvalue weighted by Gasteiger charge is 2.80. The monoisotopic (exact) mass is 590 g/mol. The third kappa shape index (κ3) is 3.53. The second-order valence-corrected chi connectivity index (χ2v) is 16.0. The maximum Gasteiger partial charge on any atom is 0.263 e. The first-order valence-electron chi connectivity index (χ1n) is 14.7. The van der Waals surface area contributed by atoms with Gasteiger partial charge in [0.05, 0.1) is 22.6 Å². The van der Waals surface area contributed by atoms with Crippen molar-refractivity contribution in [3.05, 3.63) is 45.4 Å². The van der Waals surface area contributed by atoms with Gasteiger partial charge in [-0.1, -0.05) is 19.9 Å². The molecule has 2 N–H and O–H groups in total. The predicted octanol–water partition coefficient (Wildman–Crippen LogP) is 4.68. The molecule has 0 radical (unpaired) electrons. The van der Waals surface area contributed by atoms with E-state index >= 15 is 0 Å². The number of aromatic nitrogens is 1. The molecular weight excluding hydrogens is 556 g/mol. The van der Waals surface area contributed by atoms with Crippen LogP contribution in [0.3, 0.4) is 0 Å². The normalized spacial score (nSPS) is 38.3. The topological polar surface area (TPSA) is 108 Å². The van der Waals surface area contributed by atoms with Crippen LogP contribution in [0.5, 0.6) is 0 Å². The summed E-state index contributed by atoms with van der Waals surface area (Å²) < 4.78 is 0. The Balaban J connectivity index is 0.939. The number of thiazole rings is 1. The quantitative estimate of drug-likeness (QED) is 0.356. The number of hydrogen-bond donors (Lipinski definition) is 2. The smallest absolute Gasteiger partial charge is 0.263 e. The van der Waals surface area contributed by atoms with E-state index in [0.717, 1.165) is 28.1 Å². The lowest BCUT2D eigenvalue weighted by Crippen LogP contribution is -2.57. The number of carbonyl (C=O) groups is 4. The zero-order chi connectivity index (χ0) is 28.4.